The Hall–Kier alpha value is -1.99. The van der Waals surface area contributed by atoms with Crippen molar-refractivity contribution in [2.45, 2.75) is 6.10 Å². The van der Waals surface area contributed by atoms with Crippen LogP contribution >= 0.6 is 0 Å². The third-order valence-corrected chi connectivity index (χ3v) is 2.24. The van der Waals surface area contributed by atoms with Crippen molar-refractivity contribution in [1.82, 2.24) is 0 Å². The second-order valence-corrected chi connectivity index (χ2v) is 3.64. The normalized spacial score (nSPS) is 11.9. The Morgan fingerprint density at radius 3 is 2.89 bits per heavy atom. The number of hydrogen-bond acceptors (Lipinski definition) is 6. The van der Waals surface area contributed by atoms with Crippen molar-refractivity contribution in [2.75, 3.05) is 25.6 Å². The zero-order chi connectivity index (χ0) is 13.5. The largest absolute Gasteiger partial charge is 0.389 e. The summed E-state index contributed by atoms with van der Waals surface area (Å²) in [5.74, 6) is 0. The first-order chi connectivity index (χ1) is 8.58. The van der Waals surface area contributed by atoms with E-state index in [0.717, 1.165) is 0 Å². The van der Waals surface area contributed by atoms with E-state index in [9.17, 15) is 20.0 Å². The highest BCUT2D eigenvalue weighted by atomic mass is 16.6. The van der Waals surface area contributed by atoms with Gasteiger partial charge >= 0.3 is 0 Å². The van der Waals surface area contributed by atoms with Gasteiger partial charge in [-0.25, -0.2) is 0 Å². The number of rotatable bonds is 7. The lowest BCUT2D eigenvalue weighted by atomic mass is 10.2. The van der Waals surface area contributed by atoms with Gasteiger partial charge in [-0.15, -0.1) is 0 Å². The lowest BCUT2D eigenvalue weighted by Gasteiger charge is -2.12. The van der Waals surface area contributed by atoms with Crippen molar-refractivity contribution in [3.05, 3.63) is 33.9 Å². The van der Waals surface area contributed by atoms with Gasteiger partial charge in [0.05, 0.1) is 17.6 Å². The van der Waals surface area contributed by atoms with Gasteiger partial charge in [0.15, 0.2) is 0 Å². The predicted octanol–water partition coefficient (Wildman–Crippen LogP) is 0.826. The average Bonchev–Trinajstić information content (AvgIpc) is 2.36. The Morgan fingerprint density at radius 1 is 1.61 bits per heavy atom. The zero-order valence-electron chi connectivity index (χ0n) is 9.83. The van der Waals surface area contributed by atoms with E-state index in [-0.39, 0.29) is 30.1 Å². The quantitative estimate of drug-likeness (QED) is 0.424. The molecule has 0 spiro atoms. The van der Waals surface area contributed by atoms with Crippen LogP contribution in [0.4, 0.5) is 11.4 Å². The van der Waals surface area contributed by atoms with Crippen molar-refractivity contribution in [1.29, 1.82) is 0 Å². The van der Waals surface area contributed by atoms with E-state index in [1.807, 2.05) is 0 Å². The predicted molar refractivity (Wildman–Crippen MR) is 64.9 cm³/mol. The van der Waals surface area contributed by atoms with Crippen LogP contribution < -0.4 is 5.32 Å². The number of aliphatic hydroxyl groups excluding tert-OH is 1. The fourth-order valence-corrected chi connectivity index (χ4v) is 1.40. The van der Waals surface area contributed by atoms with Crippen LogP contribution in [0.3, 0.4) is 0 Å². The first kappa shape index (κ1) is 14.1. The molecule has 0 fully saturated rings. The van der Waals surface area contributed by atoms with Crippen LogP contribution in [-0.4, -0.2) is 42.7 Å². The molecular weight excluding hydrogens is 240 g/mol. The molecule has 18 heavy (non-hydrogen) atoms. The number of carbonyl (C=O) groups is 1. The van der Waals surface area contributed by atoms with Gasteiger partial charge in [-0.05, 0) is 12.1 Å². The summed E-state index contributed by atoms with van der Waals surface area (Å²) in [7, 11) is 1.45. The van der Waals surface area contributed by atoms with E-state index in [0.29, 0.717) is 6.29 Å². The Morgan fingerprint density at radius 2 is 2.33 bits per heavy atom. The molecule has 0 saturated heterocycles. The Balaban J connectivity index is 2.81. The standard InChI is InChI=1S/C11H14N2O5/c1-18-7-9(15)5-12-10-3-2-8(6-14)4-11(10)13(16)17/h2-4,6,9,12,15H,5,7H2,1H3. The number of aldehydes is 1. The maximum absolute atomic E-state index is 10.8. The average molecular weight is 254 g/mol. The van der Waals surface area contributed by atoms with E-state index >= 15 is 0 Å². The molecule has 7 nitrogen and oxygen atoms in total. The van der Waals surface area contributed by atoms with Gasteiger partial charge in [-0.3, -0.25) is 14.9 Å². The van der Waals surface area contributed by atoms with Crippen molar-refractivity contribution >= 4 is 17.7 Å². The van der Waals surface area contributed by atoms with Crippen LogP contribution in [0.15, 0.2) is 18.2 Å². The molecule has 0 heterocycles. The summed E-state index contributed by atoms with van der Waals surface area (Å²) in [6.45, 7) is 0.252. The van der Waals surface area contributed by atoms with Crippen molar-refractivity contribution < 1.29 is 19.6 Å². The van der Waals surface area contributed by atoms with Gasteiger partial charge in [-0.1, -0.05) is 0 Å². The highest BCUT2D eigenvalue weighted by Gasteiger charge is 2.15. The second kappa shape index (κ2) is 6.67. The number of hydrogen-bond donors (Lipinski definition) is 2. The van der Waals surface area contributed by atoms with Gasteiger partial charge in [0.2, 0.25) is 0 Å². The lowest BCUT2D eigenvalue weighted by Crippen LogP contribution is -2.24. The van der Waals surface area contributed by atoms with Gasteiger partial charge < -0.3 is 15.2 Å². The van der Waals surface area contributed by atoms with E-state index in [2.05, 4.69) is 5.32 Å². The number of benzene rings is 1. The smallest absolute Gasteiger partial charge is 0.293 e. The number of ether oxygens (including phenoxy) is 1. The molecule has 1 aromatic carbocycles. The molecule has 7 heteroatoms. The number of methoxy groups -OCH3 is 1. The van der Waals surface area contributed by atoms with E-state index < -0.39 is 11.0 Å². The number of aliphatic hydroxyl groups is 1. The SMILES string of the molecule is COCC(O)CNc1ccc(C=O)cc1[N+](=O)[O-]. The highest BCUT2D eigenvalue weighted by molar-refractivity contribution is 5.79. The zero-order valence-corrected chi connectivity index (χ0v) is 9.83. The molecule has 0 aliphatic heterocycles. The number of anilines is 1. The van der Waals surface area contributed by atoms with Gasteiger partial charge in [0, 0.05) is 25.3 Å². The summed E-state index contributed by atoms with van der Waals surface area (Å²) in [4.78, 5) is 20.8. The molecule has 0 radical (unpaired) electrons. The van der Waals surface area contributed by atoms with E-state index in [1.54, 1.807) is 0 Å². The topological polar surface area (TPSA) is 102 Å². The van der Waals surface area contributed by atoms with E-state index in [1.165, 1.54) is 25.3 Å². The molecule has 2 N–H and O–H groups in total. The molecule has 1 atom stereocenters. The molecule has 0 saturated carbocycles. The van der Waals surface area contributed by atoms with Crippen LogP contribution in [0.1, 0.15) is 10.4 Å². The van der Waals surface area contributed by atoms with Crippen LogP contribution in [0, 0.1) is 10.1 Å². The summed E-state index contributed by atoms with van der Waals surface area (Å²) in [6, 6.07) is 4.07. The Labute approximate surface area is 104 Å². The summed E-state index contributed by atoms with van der Waals surface area (Å²) in [5.41, 5.74) is 0.273. The lowest BCUT2D eigenvalue weighted by molar-refractivity contribution is -0.384. The molecule has 0 aromatic heterocycles. The molecule has 0 bridgehead atoms. The summed E-state index contributed by atoms with van der Waals surface area (Å²) in [6.07, 6.45) is -0.225. The monoisotopic (exact) mass is 254 g/mol. The summed E-state index contributed by atoms with van der Waals surface area (Å²) >= 11 is 0. The highest BCUT2D eigenvalue weighted by Crippen LogP contribution is 2.24. The fourth-order valence-electron chi connectivity index (χ4n) is 1.40. The Bertz CT molecular complexity index is 435. The van der Waals surface area contributed by atoms with Crippen LogP contribution in [0.5, 0.6) is 0 Å². The molecule has 0 amide bonds. The molecular formula is C11H14N2O5. The van der Waals surface area contributed by atoms with Crippen LogP contribution in [0.25, 0.3) is 0 Å². The minimum atomic E-state index is -0.764. The minimum absolute atomic E-state index is 0.120. The van der Waals surface area contributed by atoms with Crippen LogP contribution in [0.2, 0.25) is 0 Å². The first-order valence-electron chi connectivity index (χ1n) is 5.23. The Kier molecular flexibility index (Phi) is 5.22. The maximum atomic E-state index is 10.8. The fraction of sp³-hybridized carbons (Fsp3) is 0.364. The number of carbonyl (C=O) groups excluding carboxylic acids is 1. The van der Waals surface area contributed by atoms with Crippen LogP contribution in [-0.2, 0) is 4.74 Å². The van der Waals surface area contributed by atoms with Gasteiger partial charge in [-0.2, -0.15) is 0 Å². The summed E-state index contributed by atoms with van der Waals surface area (Å²) < 4.78 is 4.74. The third-order valence-electron chi connectivity index (χ3n) is 2.24. The van der Waals surface area contributed by atoms with Crippen molar-refractivity contribution in [3.63, 3.8) is 0 Å². The first-order valence-corrected chi connectivity index (χ1v) is 5.23. The molecule has 1 aromatic rings. The van der Waals surface area contributed by atoms with Crippen molar-refractivity contribution in [2.24, 2.45) is 0 Å². The maximum Gasteiger partial charge on any atom is 0.293 e. The summed E-state index contributed by atoms with van der Waals surface area (Å²) in [5, 5.41) is 23.0. The van der Waals surface area contributed by atoms with Crippen molar-refractivity contribution in [3.8, 4) is 0 Å². The minimum Gasteiger partial charge on any atom is -0.389 e. The van der Waals surface area contributed by atoms with Gasteiger partial charge in [0.1, 0.15) is 12.0 Å². The number of nitro groups is 1. The van der Waals surface area contributed by atoms with Gasteiger partial charge in [0.25, 0.3) is 5.69 Å². The molecule has 0 aliphatic carbocycles. The molecule has 1 unspecified atom stereocenters. The third kappa shape index (κ3) is 3.79. The second-order valence-electron chi connectivity index (χ2n) is 3.64. The molecule has 98 valence electrons. The molecule has 0 aliphatic rings. The number of nitrogens with zero attached hydrogens (tertiary/aromatic N) is 1. The van der Waals surface area contributed by atoms with E-state index in [4.69, 9.17) is 4.74 Å². The number of nitrogens with one attached hydrogen (secondary N) is 1. The molecule has 1 rings (SSSR count). The number of nitro benzene ring substituents is 1.